The number of aromatic nitrogens is 1. The Hall–Kier alpha value is -2.01. The van der Waals surface area contributed by atoms with Crippen molar-refractivity contribution in [3.63, 3.8) is 0 Å². The van der Waals surface area contributed by atoms with Crippen LogP contribution < -0.4 is 10.6 Å². The molecule has 0 saturated heterocycles. The summed E-state index contributed by atoms with van der Waals surface area (Å²) in [5.74, 6) is 1.24. The van der Waals surface area contributed by atoms with Crippen LogP contribution in [0.25, 0.3) is 0 Å². The first-order chi connectivity index (χ1) is 9.04. The van der Waals surface area contributed by atoms with E-state index in [-0.39, 0.29) is 6.03 Å². The van der Waals surface area contributed by atoms with Crippen LogP contribution in [-0.2, 0) is 6.54 Å². The molecule has 0 spiro atoms. The number of carbonyl (C=O) groups excluding carboxylic acids is 1. The SMILES string of the molecule is Cc1nc(C)c(CNC(=O)Nc2cccc(Cl)c2)o1. The van der Waals surface area contributed by atoms with Crippen molar-refractivity contribution in [1.82, 2.24) is 10.3 Å². The summed E-state index contributed by atoms with van der Waals surface area (Å²) in [6, 6.07) is 6.61. The molecular formula is C13H14ClN3O2. The first kappa shape index (κ1) is 13.4. The summed E-state index contributed by atoms with van der Waals surface area (Å²) in [4.78, 5) is 15.8. The van der Waals surface area contributed by atoms with Crippen molar-refractivity contribution in [2.45, 2.75) is 20.4 Å². The van der Waals surface area contributed by atoms with Crippen molar-refractivity contribution >= 4 is 23.3 Å². The second kappa shape index (κ2) is 5.75. The molecule has 2 aromatic rings. The van der Waals surface area contributed by atoms with Gasteiger partial charge in [-0.05, 0) is 25.1 Å². The number of carbonyl (C=O) groups is 1. The lowest BCUT2D eigenvalue weighted by Gasteiger charge is -2.06. The molecule has 0 radical (unpaired) electrons. The zero-order valence-corrected chi connectivity index (χ0v) is 11.4. The second-order valence-corrected chi connectivity index (χ2v) is 4.50. The largest absolute Gasteiger partial charge is 0.444 e. The fourth-order valence-corrected chi connectivity index (χ4v) is 1.83. The molecule has 0 aliphatic rings. The van der Waals surface area contributed by atoms with Gasteiger partial charge in [0.2, 0.25) is 0 Å². The fraction of sp³-hybridized carbons (Fsp3) is 0.231. The predicted octanol–water partition coefficient (Wildman–Crippen LogP) is 3.27. The second-order valence-electron chi connectivity index (χ2n) is 4.06. The molecule has 2 amide bonds. The number of urea groups is 1. The lowest BCUT2D eigenvalue weighted by molar-refractivity contribution is 0.250. The average molecular weight is 280 g/mol. The summed E-state index contributed by atoms with van der Waals surface area (Å²) in [5, 5.41) is 5.95. The number of nitrogens with one attached hydrogen (secondary N) is 2. The summed E-state index contributed by atoms with van der Waals surface area (Å²) < 4.78 is 5.36. The fourth-order valence-electron chi connectivity index (χ4n) is 1.64. The van der Waals surface area contributed by atoms with Gasteiger partial charge in [0.25, 0.3) is 0 Å². The van der Waals surface area contributed by atoms with E-state index < -0.39 is 0 Å². The highest BCUT2D eigenvalue weighted by atomic mass is 35.5. The van der Waals surface area contributed by atoms with E-state index in [1.54, 1.807) is 31.2 Å². The van der Waals surface area contributed by atoms with Crippen molar-refractivity contribution in [3.8, 4) is 0 Å². The van der Waals surface area contributed by atoms with Crippen LogP contribution in [0.5, 0.6) is 0 Å². The summed E-state index contributed by atoms with van der Waals surface area (Å²) in [6.07, 6.45) is 0. The molecule has 19 heavy (non-hydrogen) atoms. The van der Waals surface area contributed by atoms with E-state index in [1.807, 2.05) is 6.92 Å². The van der Waals surface area contributed by atoms with Gasteiger partial charge < -0.3 is 15.1 Å². The quantitative estimate of drug-likeness (QED) is 0.906. The van der Waals surface area contributed by atoms with Crippen molar-refractivity contribution in [3.05, 3.63) is 46.6 Å². The van der Waals surface area contributed by atoms with Crippen LogP contribution in [0.3, 0.4) is 0 Å². The van der Waals surface area contributed by atoms with Gasteiger partial charge in [-0.2, -0.15) is 0 Å². The molecular weight excluding hydrogens is 266 g/mol. The van der Waals surface area contributed by atoms with Gasteiger partial charge in [-0.15, -0.1) is 0 Å². The standard InChI is InChI=1S/C13H14ClN3O2/c1-8-12(19-9(2)16-8)7-15-13(18)17-11-5-3-4-10(14)6-11/h3-6H,7H2,1-2H3,(H2,15,17,18). The molecule has 1 aromatic heterocycles. The van der Waals surface area contributed by atoms with Crippen LogP contribution in [0.2, 0.25) is 5.02 Å². The third-order valence-corrected chi connectivity index (χ3v) is 2.73. The Morgan fingerprint density at radius 3 is 2.84 bits per heavy atom. The van der Waals surface area contributed by atoms with Crippen molar-refractivity contribution < 1.29 is 9.21 Å². The van der Waals surface area contributed by atoms with Gasteiger partial charge >= 0.3 is 6.03 Å². The predicted molar refractivity (Wildman–Crippen MR) is 73.3 cm³/mol. The highest BCUT2D eigenvalue weighted by Gasteiger charge is 2.08. The molecule has 100 valence electrons. The number of aryl methyl sites for hydroxylation is 2. The Balaban J connectivity index is 1.90. The Morgan fingerprint density at radius 2 is 2.21 bits per heavy atom. The van der Waals surface area contributed by atoms with E-state index in [9.17, 15) is 4.79 Å². The zero-order valence-electron chi connectivity index (χ0n) is 10.7. The lowest BCUT2D eigenvalue weighted by Crippen LogP contribution is -2.28. The summed E-state index contributed by atoms with van der Waals surface area (Å²) >= 11 is 5.83. The molecule has 6 heteroatoms. The van der Waals surface area contributed by atoms with Gasteiger partial charge in [0.05, 0.1) is 12.2 Å². The molecule has 0 unspecified atom stereocenters. The molecule has 0 fully saturated rings. The molecule has 0 aliphatic heterocycles. The average Bonchev–Trinajstić information content (AvgIpc) is 2.65. The maximum atomic E-state index is 11.7. The van der Waals surface area contributed by atoms with E-state index in [1.165, 1.54) is 0 Å². The monoisotopic (exact) mass is 279 g/mol. The van der Waals surface area contributed by atoms with Gasteiger partial charge in [-0.25, -0.2) is 9.78 Å². The molecule has 5 nitrogen and oxygen atoms in total. The van der Waals surface area contributed by atoms with Crippen LogP contribution in [0, 0.1) is 13.8 Å². The maximum Gasteiger partial charge on any atom is 0.319 e. The number of anilines is 1. The van der Waals surface area contributed by atoms with Crippen molar-refractivity contribution in [1.29, 1.82) is 0 Å². The van der Waals surface area contributed by atoms with E-state index in [0.717, 1.165) is 5.69 Å². The van der Waals surface area contributed by atoms with E-state index in [0.29, 0.717) is 28.9 Å². The molecule has 1 heterocycles. The third-order valence-electron chi connectivity index (χ3n) is 2.49. The van der Waals surface area contributed by atoms with Gasteiger partial charge in [-0.1, -0.05) is 17.7 Å². The Morgan fingerprint density at radius 1 is 1.42 bits per heavy atom. The number of rotatable bonds is 3. The van der Waals surface area contributed by atoms with E-state index in [2.05, 4.69) is 15.6 Å². The number of halogens is 1. The summed E-state index contributed by atoms with van der Waals surface area (Å²) in [5.41, 5.74) is 1.41. The highest BCUT2D eigenvalue weighted by Crippen LogP contribution is 2.14. The van der Waals surface area contributed by atoms with E-state index >= 15 is 0 Å². The van der Waals surface area contributed by atoms with Crippen molar-refractivity contribution in [2.24, 2.45) is 0 Å². The van der Waals surface area contributed by atoms with Crippen molar-refractivity contribution in [2.75, 3.05) is 5.32 Å². The van der Waals surface area contributed by atoms with Gasteiger partial charge in [-0.3, -0.25) is 0 Å². The number of hydrogen-bond acceptors (Lipinski definition) is 3. The minimum atomic E-state index is -0.323. The van der Waals surface area contributed by atoms with Crippen LogP contribution in [0.4, 0.5) is 10.5 Å². The Kier molecular flexibility index (Phi) is 4.06. The minimum absolute atomic E-state index is 0.291. The minimum Gasteiger partial charge on any atom is -0.444 e. The molecule has 0 atom stereocenters. The lowest BCUT2D eigenvalue weighted by atomic mass is 10.3. The number of amides is 2. The molecule has 0 bridgehead atoms. The van der Waals surface area contributed by atoms with E-state index in [4.69, 9.17) is 16.0 Å². The van der Waals surface area contributed by atoms with Gasteiger partial charge in [0.1, 0.15) is 5.76 Å². The first-order valence-corrected chi connectivity index (χ1v) is 6.16. The topological polar surface area (TPSA) is 67.2 Å². The zero-order chi connectivity index (χ0) is 13.8. The Labute approximate surface area is 116 Å². The highest BCUT2D eigenvalue weighted by molar-refractivity contribution is 6.30. The normalized spacial score (nSPS) is 10.3. The molecule has 1 aromatic carbocycles. The molecule has 0 saturated carbocycles. The van der Waals surface area contributed by atoms with Crippen LogP contribution in [-0.4, -0.2) is 11.0 Å². The molecule has 0 aliphatic carbocycles. The first-order valence-electron chi connectivity index (χ1n) is 5.78. The summed E-state index contributed by atoms with van der Waals surface area (Å²) in [6.45, 7) is 3.89. The summed E-state index contributed by atoms with van der Waals surface area (Å²) in [7, 11) is 0. The Bertz CT molecular complexity index is 595. The molecule has 2 rings (SSSR count). The van der Waals surface area contributed by atoms with Crippen LogP contribution in [0.1, 0.15) is 17.3 Å². The number of oxazole rings is 1. The molecule has 2 N–H and O–H groups in total. The third kappa shape index (κ3) is 3.72. The number of benzene rings is 1. The number of hydrogen-bond donors (Lipinski definition) is 2. The van der Waals surface area contributed by atoms with Crippen LogP contribution >= 0.6 is 11.6 Å². The van der Waals surface area contributed by atoms with Gasteiger partial charge in [0, 0.05) is 17.6 Å². The van der Waals surface area contributed by atoms with Crippen LogP contribution in [0.15, 0.2) is 28.7 Å². The number of nitrogens with zero attached hydrogens (tertiary/aromatic N) is 1. The maximum absolute atomic E-state index is 11.7. The van der Waals surface area contributed by atoms with Gasteiger partial charge in [0.15, 0.2) is 5.89 Å². The smallest absolute Gasteiger partial charge is 0.319 e.